The molecule has 6 nitrogen and oxygen atoms in total. The van der Waals surface area contributed by atoms with E-state index in [-0.39, 0.29) is 36.5 Å². The number of aryl methyl sites for hydroxylation is 2. The molecule has 2 aromatic carbocycles. The number of nitrogens with zero attached hydrogens (tertiary/aromatic N) is 3. The first-order valence-electron chi connectivity index (χ1n) is 10.7. The summed E-state index contributed by atoms with van der Waals surface area (Å²) >= 11 is 0. The lowest BCUT2D eigenvalue weighted by atomic mass is 9.98. The summed E-state index contributed by atoms with van der Waals surface area (Å²) in [6.07, 6.45) is 2.91. The number of hydrogen-bond donors (Lipinski definition) is 1. The predicted octanol–water partition coefficient (Wildman–Crippen LogP) is 4.17. The van der Waals surface area contributed by atoms with Crippen molar-refractivity contribution in [1.82, 2.24) is 20.2 Å². The summed E-state index contributed by atoms with van der Waals surface area (Å²) in [6, 6.07) is 12.5. The van der Waals surface area contributed by atoms with Gasteiger partial charge in [-0.3, -0.25) is 9.59 Å². The molecule has 1 N–H and O–H groups in total. The zero-order valence-electron chi connectivity index (χ0n) is 18.4. The van der Waals surface area contributed by atoms with E-state index in [2.05, 4.69) is 15.3 Å². The minimum Gasteiger partial charge on any atom is -0.348 e. The SMILES string of the molecule is Cc1ccc(-c2cc(C(=O)NCc3cnc(C)nc3)cc(C(=O)N3CCC(F)(F)C3)c2)cc1. The molecule has 0 unspecified atom stereocenters. The van der Waals surface area contributed by atoms with Crippen molar-refractivity contribution in [3.05, 3.63) is 82.9 Å². The van der Waals surface area contributed by atoms with Crippen molar-refractivity contribution < 1.29 is 18.4 Å². The third kappa shape index (κ3) is 5.39. The summed E-state index contributed by atoms with van der Waals surface area (Å²) in [5.74, 6) is -3.15. The monoisotopic (exact) mass is 450 g/mol. The first-order valence-corrected chi connectivity index (χ1v) is 10.7. The van der Waals surface area contributed by atoms with E-state index >= 15 is 0 Å². The van der Waals surface area contributed by atoms with Gasteiger partial charge in [0.05, 0.1) is 6.54 Å². The number of nitrogens with one attached hydrogen (secondary N) is 1. The van der Waals surface area contributed by atoms with Gasteiger partial charge in [-0.2, -0.15) is 0 Å². The minimum atomic E-state index is -2.89. The van der Waals surface area contributed by atoms with Crippen LogP contribution in [-0.2, 0) is 6.54 Å². The number of carbonyl (C=O) groups excluding carboxylic acids is 2. The highest BCUT2D eigenvalue weighted by atomic mass is 19.3. The lowest BCUT2D eigenvalue weighted by Crippen LogP contribution is -2.31. The van der Waals surface area contributed by atoms with Gasteiger partial charge in [0.25, 0.3) is 17.7 Å². The average Bonchev–Trinajstić information content (AvgIpc) is 3.17. The number of aromatic nitrogens is 2. The fourth-order valence-corrected chi connectivity index (χ4v) is 3.68. The summed E-state index contributed by atoms with van der Waals surface area (Å²) in [5.41, 5.74) is 3.77. The van der Waals surface area contributed by atoms with Gasteiger partial charge in [-0.05, 0) is 43.2 Å². The van der Waals surface area contributed by atoms with Gasteiger partial charge in [0.2, 0.25) is 0 Å². The number of rotatable bonds is 5. The second-order valence-corrected chi connectivity index (χ2v) is 8.32. The second kappa shape index (κ2) is 9.05. The number of benzene rings is 2. The van der Waals surface area contributed by atoms with Crippen LogP contribution in [0.25, 0.3) is 11.1 Å². The van der Waals surface area contributed by atoms with Crippen LogP contribution in [0, 0.1) is 13.8 Å². The van der Waals surface area contributed by atoms with Crippen molar-refractivity contribution in [2.24, 2.45) is 0 Å². The third-order valence-corrected chi connectivity index (χ3v) is 5.57. The van der Waals surface area contributed by atoms with E-state index in [4.69, 9.17) is 0 Å². The standard InChI is InChI=1S/C25H24F2N4O2/c1-16-3-5-19(6-4-16)20-9-21(23(32)30-14-18-12-28-17(2)29-13-18)11-22(10-20)24(33)31-8-7-25(26,27)15-31/h3-6,9-13H,7-8,14-15H2,1-2H3,(H,30,32). The van der Waals surface area contributed by atoms with Gasteiger partial charge in [0.1, 0.15) is 5.82 Å². The van der Waals surface area contributed by atoms with Crippen LogP contribution in [-0.4, -0.2) is 45.7 Å². The Morgan fingerprint density at radius 2 is 1.67 bits per heavy atom. The summed E-state index contributed by atoms with van der Waals surface area (Å²) in [6.45, 7) is 3.32. The Balaban J connectivity index is 1.63. The molecule has 3 aromatic rings. The van der Waals surface area contributed by atoms with E-state index in [0.717, 1.165) is 21.6 Å². The summed E-state index contributed by atoms with van der Waals surface area (Å²) < 4.78 is 27.4. The first-order chi connectivity index (χ1) is 15.7. The van der Waals surface area contributed by atoms with Gasteiger partial charge in [-0.25, -0.2) is 18.7 Å². The van der Waals surface area contributed by atoms with Crippen molar-refractivity contribution in [2.45, 2.75) is 32.7 Å². The minimum absolute atomic E-state index is 0.0183. The number of likely N-dealkylation sites (tertiary alicyclic amines) is 1. The van der Waals surface area contributed by atoms with Crippen molar-refractivity contribution in [3.63, 3.8) is 0 Å². The highest BCUT2D eigenvalue weighted by molar-refractivity contribution is 6.01. The van der Waals surface area contributed by atoms with Crippen LogP contribution in [0.1, 0.15) is 44.1 Å². The molecule has 8 heteroatoms. The van der Waals surface area contributed by atoms with Crippen LogP contribution < -0.4 is 5.32 Å². The van der Waals surface area contributed by atoms with Crippen LogP contribution >= 0.6 is 0 Å². The van der Waals surface area contributed by atoms with E-state index in [0.29, 0.717) is 11.4 Å². The lowest BCUT2D eigenvalue weighted by molar-refractivity contribution is 0.0120. The van der Waals surface area contributed by atoms with Crippen molar-refractivity contribution in [1.29, 1.82) is 0 Å². The van der Waals surface area contributed by atoms with Gasteiger partial charge >= 0.3 is 0 Å². The molecule has 1 fully saturated rings. The molecule has 0 bridgehead atoms. The van der Waals surface area contributed by atoms with Crippen molar-refractivity contribution in [2.75, 3.05) is 13.1 Å². The molecular formula is C25H24F2N4O2. The Morgan fingerprint density at radius 3 is 2.30 bits per heavy atom. The van der Waals surface area contributed by atoms with Gasteiger partial charge in [0.15, 0.2) is 0 Å². The van der Waals surface area contributed by atoms with Gasteiger partial charge in [-0.15, -0.1) is 0 Å². The Bertz CT molecular complexity index is 1180. The van der Waals surface area contributed by atoms with E-state index in [1.54, 1.807) is 31.5 Å². The van der Waals surface area contributed by atoms with Gasteiger partial charge in [-0.1, -0.05) is 29.8 Å². The quantitative estimate of drug-likeness (QED) is 0.633. The molecule has 4 rings (SSSR count). The lowest BCUT2D eigenvalue weighted by Gasteiger charge is -2.18. The smallest absolute Gasteiger partial charge is 0.267 e. The van der Waals surface area contributed by atoms with Crippen molar-refractivity contribution in [3.8, 4) is 11.1 Å². The van der Waals surface area contributed by atoms with E-state index in [1.165, 1.54) is 6.07 Å². The highest BCUT2D eigenvalue weighted by Crippen LogP contribution is 2.29. The Labute approximate surface area is 190 Å². The predicted molar refractivity (Wildman–Crippen MR) is 120 cm³/mol. The topological polar surface area (TPSA) is 75.2 Å². The summed E-state index contributed by atoms with van der Waals surface area (Å²) in [5, 5.41) is 2.81. The molecule has 0 radical (unpaired) electrons. The molecule has 1 saturated heterocycles. The zero-order chi connectivity index (χ0) is 23.6. The Morgan fingerprint density at radius 1 is 1.00 bits per heavy atom. The van der Waals surface area contributed by atoms with E-state index in [9.17, 15) is 18.4 Å². The van der Waals surface area contributed by atoms with E-state index < -0.39 is 18.4 Å². The third-order valence-electron chi connectivity index (χ3n) is 5.57. The van der Waals surface area contributed by atoms with Gasteiger partial charge < -0.3 is 10.2 Å². The Hall–Kier alpha value is -3.68. The van der Waals surface area contributed by atoms with Crippen LogP contribution in [0.2, 0.25) is 0 Å². The maximum atomic E-state index is 13.7. The molecular weight excluding hydrogens is 426 g/mol. The molecule has 0 atom stereocenters. The molecule has 0 aliphatic carbocycles. The average molecular weight is 450 g/mol. The molecule has 170 valence electrons. The number of halogens is 2. The molecule has 2 heterocycles. The number of hydrogen-bond acceptors (Lipinski definition) is 4. The number of amides is 2. The van der Waals surface area contributed by atoms with E-state index in [1.807, 2.05) is 31.2 Å². The molecule has 0 saturated carbocycles. The fraction of sp³-hybridized carbons (Fsp3) is 0.280. The summed E-state index contributed by atoms with van der Waals surface area (Å²) in [7, 11) is 0. The largest absolute Gasteiger partial charge is 0.348 e. The normalized spacial score (nSPS) is 14.8. The maximum absolute atomic E-state index is 13.7. The Kier molecular flexibility index (Phi) is 6.18. The molecule has 1 aromatic heterocycles. The van der Waals surface area contributed by atoms with Crippen LogP contribution in [0.15, 0.2) is 54.9 Å². The maximum Gasteiger partial charge on any atom is 0.267 e. The molecule has 2 amide bonds. The van der Waals surface area contributed by atoms with Gasteiger partial charge in [0, 0.05) is 48.6 Å². The molecule has 1 aliphatic heterocycles. The number of carbonyl (C=O) groups is 2. The zero-order valence-corrected chi connectivity index (χ0v) is 18.4. The van der Waals surface area contributed by atoms with Crippen molar-refractivity contribution >= 4 is 11.8 Å². The van der Waals surface area contributed by atoms with Crippen LogP contribution in [0.3, 0.4) is 0 Å². The highest BCUT2D eigenvalue weighted by Gasteiger charge is 2.40. The molecule has 0 spiro atoms. The first kappa shape index (κ1) is 22.5. The fourth-order valence-electron chi connectivity index (χ4n) is 3.68. The molecule has 1 aliphatic rings. The van der Waals surface area contributed by atoms with Crippen LogP contribution in [0.4, 0.5) is 8.78 Å². The molecule has 33 heavy (non-hydrogen) atoms. The number of alkyl halides is 2. The summed E-state index contributed by atoms with van der Waals surface area (Å²) in [4.78, 5) is 35.3. The van der Waals surface area contributed by atoms with Crippen LogP contribution in [0.5, 0.6) is 0 Å². The second-order valence-electron chi connectivity index (χ2n) is 8.32.